The first-order chi connectivity index (χ1) is 8.65. The monoisotopic (exact) mass is 244 g/mol. The van der Waals surface area contributed by atoms with Crippen molar-refractivity contribution < 1.29 is 9.53 Å². The number of carbonyl (C=O) groups is 1. The van der Waals surface area contributed by atoms with Crippen LogP contribution in [-0.4, -0.2) is 12.4 Å². The minimum atomic E-state index is 0.243. The van der Waals surface area contributed by atoms with Gasteiger partial charge in [0.2, 0.25) is 0 Å². The van der Waals surface area contributed by atoms with E-state index in [1.807, 2.05) is 0 Å². The Hall–Kier alpha value is -1.31. The quantitative estimate of drug-likeness (QED) is 0.815. The molecule has 2 aliphatic rings. The largest absolute Gasteiger partial charge is 0.493 e. The number of aryl methyl sites for hydroxylation is 1. The lowest BCUT2D eigenvalue weighted by Crippen LogP contribution is -2.13. The third-order valence-electron chi connectivity index (χ3n) is 4.40. The van der Waals surface area contributed by atoms with Gasteiger partial charge in [-0.05, 0) is 41.9 Å². The molecule has 0 spiro atoms. The van der Waals surface area contributed by atoms with Crippen LogP contribution in [0.15, 0.2) is 18.2 Å². The Balaban J connectivity index is 1.65. The molecule has 1 fully saturated rings. The van der Waals surface area contributed by atoms with Crippen molar-refractivity contribution in [3.05, 3.63) is 29.3 Å². The molecule has 2 heteroatoms. The molecule has 0 saturated heterocycles. The highest BCUT2D eigenvalue weighted by atomic mass is 16.5. The van der Waals surface area contributed by atoms with Crippen LogP contribution in [0.3, 0.4) is 0 Å². The maximum absolute atomic E-state index is 11.4. The standard InChI is InChI=1S/C16H20O2/c1-16(8-5-14(17)11-16)7-4-12-2-3-15-13(10-12)6-9-18-15/h2-3,10H,4-9,11H2,1H3. The highest BCUT2D eigenvalue weighted by Gasteiger charge is 2.33. The van der Waals surface area contributed by atoms with Gasteiger partial charge in [0.05, 0.1) is 6.61 Å². The van der Waals surface area contributed by atoms with Crippen molar-refractivity contribution in [3.63, 3.8) is 0 Å². The van der Waals surface area contributed by atoms with Gasteiger partial charge in [0.25, 0.3) is 0 Å². The molecule has 0 radical (unpaired) electrons. The fourth-order valence-electron chi connectivity index (χ4n) is 3.15. The number of ether oxygens (including phenoxy) is 1. The summed E-state index contributed by atoms with van der Waals surface area (Å²) in [6.07, 6.45) is 5.88. The van der Waals surface area contributed by atoms with Gasteiger partial charge in [0.1, 0.15) is 11.5 Å². The van der Waals surface area contributed by atoms with Crippen molar-refractivity contribution >= 4 is 5.78 Å². The van der Waals surface area contributed by atoms with Crippen molar-refractivity contribution in [1.82, 2.24) is 0 Å². The molecule has 1 aromatic carbocycles. The van der Waals surface area contributed by atoms with Gasteiger partial charge in [-0.15, -0.1) is 0 Å². The lowest BCUT2D eigenvalue weighted by atomic mass is 9.82. The summed E-state index contributed by atoms with van der Waals surface area (Å²) in [6.45, 7) is 3.08. The first kappa shape index (κ1) is 11.8. The molecule has 96 valence electrons. The summed E-state index contributed by atoms with van der Waals surface area (Å²) in [5.41, 5.74) is 2.98. The van der Waals surface area contributed by atoms with Crippen molar-refractivity contribution in [3.8, 4) is 5.75 Å². The van der Waals surface area contributed by atoms with E-state index in [9.17, 15) is 4.79 Å². The van der Waals surface area contributed by atoms with Gasteiger partial charge in [-0.2, -0.15) is 0 Å². The number of rotatable bonds is 3. The molecular weight excluding hydrogens is 224 g/mol. The zero-order valence-electron chi connectivity index (χ0n) is 11.0. The molecular formula is C16H20O2. The van der Waals surface area contributed by atoms with E-state index in [2.05, 4.69) is 25.1 Å². The molecule has 1 aromatic rings. The van der Waals surface area contributed by atoms with Crippen LogP contribution in [0, 0.1) is 5.41 Å². The number of benzene rings is 1. The predicted molar refractivity (Wildman–Crippen MR) is 70.9 cm³/mol. The first-order valence-corrected chi connectivity index (χ1v) is 6.91. The smallest absolute Gasteiger partial charge is 0.133 e. The minimum absolute atomic E-state index is 0.243. The molecule has 1 aliphatic carbocycles. The number of hydrogen-bond acceptors (Lipinski definition) is 2. The van der Waals surface area contributed by atoms with Crippen LogP contribution < -0.4 is 4.74 Å². The van der Waals surface area contributed by atoms with Gasteiger partial charge in [-0.25, -0.2) is 0 Å². The van der Waals surface area contributed by atoms with Gasteiger partial charge < -0.3 is 4.74 Å². The molecule has 0 aromatic heterocycles. The number of ketones is 1. The summed E-state index contributed by atoms with van der Waals surface area (Å²) in [5, 5.41) is 0. The Labute approximate surface area is 108 Å². The molecule has 1 atom stereocenters. The van der Waals surface area contributed by atoms with Gasteiger partial charge in [-0.3, -0.25) is 4.79 Å². The van der Waals surface area contributed by atoms with Crippen LogP contribution in [0.2, 0.25) is 0 Å². The van der Waals surface area contributed by atoms with Crippen LogP contribution >= 0.6 is 0 Å². The van der Waals surface area contributed by atoms with Gasteiger partial charge in [0, 0.05) is 19.3 Å². The van der Waals surface area contributed by atoms with E-state index in [4.69, 9.17) is 4.74 Å². The summed E-state index contributed by atoms with van der Waals surface area (Å²) in [5.74, 6) is 1.50. The Bertz CT molecular complexity index is 478. The van der Waals surface area contributed by atoms with Crippen LogP contribution in [0.5, 0.6) is 5.75 Å². The number of Topliss-reactive ketones (excluding diaryl/α,β-unsaturated/α-hetero) is 1. The van der Waals surface area contributed by atoms with Gasteiger partial charge in [-0.1, -0.05) is 19.1 Å². The average Bonchev–Trinajstić information content (AvgIpc) is 2.93. The molecule has 0 amide bonds. The molecule has 1 aliphatic heterocycles. The predicted octanol–water partition coefficient (Wildman–Crippen LogP) is 3.31. The molecule has 1 heterocycles. The maximum atomic E-state index is 11.4. The molecule has 18 heavy (non-hydrogen) atoms. The Morgan fingerprint density at radius 1 is 1.33 bits per heavy atom. The van der Waals surface area contributed by atoms with E-state index in [1.54, 1.807) is 0 Å². The molecule has 0 bridgehead atoms. The number of fused-ring (bicyclic) bond motifs is 1. The lowest BCUT2D eigenvalue weighted by Gasteiger charge is -2.22. The highest BCUT2D eigenvalue weighted by molar-refractivity contribution is 5.81. The van der Waals surface area contributed by atoms with E-state index in [1.165, 1.54) is 11.1 Å². The van der Waals surface area contributed by atoms with Crippen molar-refractivity contribution in [2.45, 2.75) is 45.4 Å². The first-order valence-electron chi connectivity index (χ1n) is 6.91. The molecule has 1 saturated carbocycles. The molecule has 1 unspecified atom stereocenters. The van der Waals surface area contributed by atoms with E-state index < -0.39 is 0 Å². The third-order valence-corrected chi connectivity index (χ3v) is 4.40. The minimum Gasteiger partial charge on any atom is -0.493 e. The van der Waals surface area contributed by atoms with Crippen molar-refractivity contribution in [1.29, 1.82) is 0 Å². The zero-order chi connectivity index (χ0) is 12.6. The number of carbonyl (C=O) groups excluding carboxylic acids is 1. The van der Waals surface area contributed by atoms with E-state index in [-0.39, 0.29) is 5.41 Å². The summed E-state index contributed by atoms with van der Waals surface area (Å²) in [6, 6.07) is 6.55. The Kier molecular flexibility index (Phi) is 2.89. The summed E-state index contributed by atoms with van der Waals surface area (Å²) in [4.78, 5) is 11.4. The SMILES string of the molecule is CC1(CCc2ccc3c(c2)CCO3)CCC(=O)C1. The number of hydrogen-bond donors (Lipinski definition) is 0. The maximum Gasteiger partial charge on any atom is 0.133 e. The fraction of sp³-hybridized carbons (Fsp3) is 0.562. The van der Waals surface area contributed by atoms with Crippen LogP contribution in [0.1, 0.15) is 43.7 Å². The molecule has 3 rings (SSSR count). The van der Waals surface area contributed by atoms with E-state index in [0.717, 1.165) is 50.9 Å². The Morgan fingerprint density at radius 3 is 3.00 bits per heavy atom. The second-order valence-electron chi connectivity index (χ2n) is 6.07. The van der Waals surface area contributed by atoms with Crippen LogP contribution in [0.25, 0.3) is 0 Å². The van der Waals surface area contributed by atoms with Crippen molar-refractivity contribution in [2.75, 3.05) is 6.61 Å². The van der Waals surface area contributed by atoms with Crippen molar-refractivity contribution in [2.24, 2.45) is 5.41 Å². The summed E-state index contributed by atoms with van der Waals surface area (Å²) >= 11 is 0. The zero-order valence-corrected chi connectivity index (χ0v) is 11.0. The van der Waals surface area contributed by atoms with Gasteiger partial charge in [0.15, 0.2) is 0 Å². The van der Waals surface area contributed by atoms with Crippen LogP contribution in [0.4, 0.5) is 0 Å². The highest BCUT2D eigenvalue weighted by Crippen LogP contribution is 2.39. The normalized spacial score (nSPS) is 26.2. The fourth-order valence-corrected chi connectivity index (χ4v) is 3.15. The van der Waals surface area contributed by atoms with Crippen LogP contribution in [-0.2, 0) is 17.6 Å². The lowest BCUT2D eigenvalue weighted by molar-refractivity contribution is -0.118. The molecule has 2 nitrogen and oxygen atoms in total. The summed E-state index contributed by atoms with van der Waals surface area (Å²) in [7, 11) is 0. The topological polar surface area (TPSA) is 26.3 Å². The van der Waals surface area contributed by atoms with E-state index in [0.29, 0.717) is 5.78 Å². The second-order valence-corrected chi connectivity index (χ2v) is 6.07. The van der Waals surface area contributed by atoms with Gasteiger partial charge >= 0.3 is 0 Å². The third kappa shape index (κ3) is 2.29. The second kappa shape index (κ2) is 4.42. The molecule has 0 N–H and O–H groups in total. The summed E-state index contributed by atoms with van der Waals surface area (Å²) < 4.78 is 5.52. The van der Waals surface area contributed by atoms with E-state index >= 15 is 0 Å². The average molecular weight is 244 g/mol. The Morgan fingerprint density at radius 2 is 2.22 bits per heavy atom.